The molecule has 0 amide bonds. The molecule has 216 valence electrons. The third-order valence-electron chi connectivity index (χ3n) is 6.55. The maximum atomic E-state index is 13.0. The molecule has 0 aliphatic heterocycles. The zero-order chi connectivity index (χ0) is 29.2. The van der Waals surface area contributed by atoms with Gasteiger partial charge in [-0.25, -0.2) is 8.78 Å². The molecule has 0 bridgehead atoms. The molecule has 0 aromatic heterocycles. The highest BCUT2D eigenvalue weighted by atomic mass is 19.1. The lowest BCUT2D eigenvalue weighted by Crippen LogP contribution is -2.25. The molecular weight excluding hydrogens is 530 g/mol. The van der Waals surface area contributed by atoms with Crippen molar-refractivity contribution in [2.75, 3.05) is 26.4 Å². The number of aliphatic hydroxyl groups excluding tert-OH is 2. The van der Waals surface area contributed by atoms with Crippen LogP contribution in [0.3, 0.4) is 0 Å². The lowest BCUT2D eigenvalue weighted by atomic mass is 9.78. The van der Waals surface area contributed by atoms with Gasteiger partial charge in [0.05, 0.1) is 0 Å². The second-order valence-corrected chi connectivity index (χ2v) is 10.1. The van der Waals surface area contributed by atoms with Gasteiger partial charge in [-0.3, -0.25) is 0 Å². The summed E-state index contributed by atoms with van der Waals surface area (Å²) >= 11 is 0. The van der Waals surface area contributed by atoms with E-state index in [1.54, 1.807) is 0 Å². The molecule has 41 heavy (non-hydrogen) atoms. The van der Waals surface area contributed by atoms with E-state index in [4.69, 9.17) is 18.9 Å². The molecule has 0 aliphatic rings. The molecule has 4 rings (SSSR count). The minimum absolute atomic E-state index is 0.0270. The van der Waals surface area contributed by atoms with E-state index in [2.05, 4.69) is 13.8 Å². The molecule has 0 saturated heterocycles. The summed E-state index contributed by atoms with van der Waals surface area (Å²) in [5.41, 5.74) is 1.85. The van der Waals surface area contributed by atoms with Gasteiger partial charge in [0.15, 0.2) is 0 Å². The topological polar surface area (TPSA) is 77.4 Å². The van der Waals surface area contributed by atoms with Gasteiger partial charge in [0, 0.05) is 5.41 Å². The fourth-order valence-electron chi connectivity index (χ4n) is 4.03. The Hall–Kier alpha value is -4.14. The number of hydrogen-bond acceptors (Lipinski definition) is 6. The number of rotatable bonds is 14. The SMILES string of the molecule is CC(C)(c1ccc(OCC(O)COc2ccc(F)cc2)cc1)c1ccc(OCC(O)COc2ccc(F)cc2)cc1. The maximum Gasteiger partial charge on any atom is 0.123 e. The molecule has 4 aromatic carbocycles. The summed E-state index contributed by atoms with van der Waals surface area (Å²) in [6, 6.07) is 26.6. The molecule has 0 heterocycles. The van der Waals surface area contributed by atoms with Crippen LogP contribution >= 0.6 is 0 Å². The average Bonchev–Trinajstić information content (AvgIpc) is 2.99. The Morgan fingerprint density at radius 2 is 0.732 bits per heavy atom. The van der Waals surface area contributed by atoms with Gasteiger partial charge in [0.1, 0.15) is 73.3 Å². The average molecular weight is 565 g/mol. The minimum atomic E-state index is -0.847. The lowest BCUT2D eigenvalue weighted by molar-refractivity contribution is 0.0626. The lowest BCUT2D eigenvalue weighted by Gasteiger charge is -2.26. The van der Waals surface area contributed by atoms with Gasteiger partial charge in [-0.1, -0.05) is 38.1 Å². The van der Waals surface area contributed by atoms with Crippen LogP contribution in [-0.4, -0.2) is 48.8 Å². The summed E-state index contributed by atoms with van der Waals surface area (Å²) in [4.78, 5) is 0. The van der Waals surface area contributed by atoms with E-state index in [-0.39, 0.29) is 43.5 Å². The zero-order valence-corrected chi connectivity index (χ0v) is 23.0. The molecule has 2 atom stereocenters. The van der Waals surface area contributed by atoms with Gasteiger partial charge in [-0.05, 0) is 83.9 Å². The van der Waals surface area contributed by atoms with E-state index in [9.17, 15) is 19.0 Å². The van der Waals surface area contributed by atoms with Crippen molar-refractivity contribution in [3.05, 3.63) is 120 Å². The molecule has 8 heteroatoms. The molecule has 0 fully saturated rings. The van der Waals surface area contributed by atoms with E-state index in [0.717, 1.165) is 11.1 Å². The Morgan fingerprint density at radius 3 is 1.00 bits per heavy atom. The van der Waals surface area contributed by atoms with Crippen LogP contribution in [-0.2, 0) is 5.41 Å². The van der Waals surface area contributed by atoms with Gasteiger partial charge in [0.2, 0.25) is 0 Å². The molecule has 0 saturated carbocycles. The summed E-state index contributed by atoms with van der Waals surface area (Å²) in [7, 11) is 0. The highest BCUT2D eigenvalue weighted by molar-refractivity contribution is 5.42. The molecule has 0 spiro atoms. The van der Waals surface area contributed by atoms with E-state index < -0.39 is 12.2 Å². The second kappa shape index (κ2) is 14.0. The van der Waals surface area contributed by atoms with Crippen molar-refractivity contribution in [3.8, 4) is 23.0 Å². The van der Waals surface area contributed by atoms with Crippen LogP contribution in [0.5, 0.6) is 23.0 Å². The van der Waals surface area contributed by atoms with Crippen molar-refractivity contribution < 1.29 is 37.9 Å². The number of aliphatic hydroxyl groups is 2. The standard InChI is InChI=1S/C33H34F2O6/c1-33(2,23-3-11-29(12-4-23)38-19-27(36)21-40-31-15-7-25(34)8-16-31)24-5-13-30(14-6-24)39-20-28(37)22-41-32-17-9-26(35)10-18-32/h3-18,27-28,36-37H,19-22H2,1-2H3. The fourth-order valence-corrected chi connectivity index (χ4v) is 4.03. The Kier molecular flexibility index (Phi) is 10.2. The number of halogens is 2. The van der Waals surface area contributed by atoms with Gasteiger partial charge in [-0.15, -0.1) is 0 Å². The molecule has 6 nitrogen and oxygen atoms in total. The van der Waals surface area contributed by atoms with Crippen molar-refractivity contribution in [2.45, 2.75) is 31.5 Å². The monoisotopic (exact) mass is 564 g/mol. The van der Waals surface area contributed by atoms with Crippen molar-refractivity contribution in [1.29, 1.82) is 0 Å². The zero-order valence-electron chi connectivity index (χ0n) is 23.0. The number of ether oxygens (including phenoxy) is 4. The summed E-state index contributed by atoms with van der Waals surface area (Å²) in [6.07, 6.45) is -1.69. The van der Waals surface area contributed by atoms with Gasteiger partial charge in [0.25, 0.3) is 0 Å². The van der Waals surface area contributed by atoms with Crippen LogP contribution in [0, 0.1) is 11.6 Å². The van der Waals surface area contributed by atoms with Crippen LogP contribution in [0.1, 0.15) is 25.0 Å². The Bertz CT molecular complexity index is 1240. The third kappa shape index (κ3) is 8.93. The third-order valence-corrected chi connectivity index (χ3v) is 6.55. The van der Waals surface area contributed by atoms with Gasteiger partial charge < -0.3 is 29.2 Å². The van der Waals surface area contributed by atoms with Crippen molar-refractivity contribution in [1.82, 2.24) is 0 Å². The van der Waals surface area contributed by atoms with E-state index in [1.165, 1.54) is 48.5 Å². The first-order valence-corrected chi connectivity index (χ1v) is 13.3. The Balaban J connectivity index is 1.22. The first-order valence-electron chi connectivity index (χ1n) is 13.3. The normalized spacial score (nSPS) is 12.8. The first kappa shape index (κ1) is 29.8. The summed E-state index contributed by atoms with van der Waals surface area (Å²) in [6.45, 7) is 4.40. The van der Waals surface area contributed by atoms with Crippen molar-refractivity contribution >= 4 is 0 Å². The van der Waals surface area contributed by atoms with Crippen molar-refractivity contribution in [2.24, 2.45) is 0 Å². The van der Waals surface area contributed by atoms with Crippen LogP contribution in [0.25, 0.3) is 0 Å². The molecule has 2 N–H and O–H groups in total. The van der Waals surface area contributed by atoms with E-state index in [0.29, 0.717) is 23.0 Å². The highest BCUT2D eigenvalue weighted by Gasteiger charge is 2.23. The quantitative estimate of drug-likeness (QED) is 0.198. The second-order valence-electron chi connectivity index (χ2n) is 10.1. The van der Waals surface area contributed by atoms with Crippen molar-refractivity contribution in [3.63, 3.8) is 0 Å². The van der Waals surface area contributed by atoms with E-state index in [1.807, 2.05) is 48.5 Å². The molecular formula is C33H34F2O6. The number of benzene rings is 4. The highest BCUT2D eigenvalue weighted by Crippen LogP contribution is 2.33. The molecule has 4 aromatic rings. The Labute approximate surface area is 238 Å². The van der Waals surface area contributed by atoms with Crippen LogP contribution in [0.2, 0.25) is 0 Å². The first-order chi connectivity index (χ1) is 19.7. The van der Waals surface area contributed by atoms with Gasteiger partial charge >= 0.3 is 0 Å². The molecule has 2 unspecified atom stereocenters. The van der Waals surface area contributed by atoms with Gasteiger partial charge in [-0.2, -0.15) is 0 Å². The van der Waals surface area contributed by atoms with Crippen LogP contribution in [0.4, 0.5) is 8.78 Å². The Morgan fingerprint density at radius 1 is 0.488 bits per heavy atom. The molecule has 0 radical (unpaired) electrons. The van der Waals surface area contributed by atoms with E-state index >= 15 is 0 Å². The predicted octanol–water partition coefficient (Wildman–Crippen LogP) is 5.93. The molecule has 0 aliphatic carbocycles. The maximum absolute atomic E-state index is 13.0. The smallest absolute Gasteiger partial charge is 0.123 e. The minimum Gasteiger partial charge on any atom is -0.491 e. The largest absolute Gasteiger partial charge is 0.491 e. The fraction of sp³-hybridized carbons (Fsp3) is 0.273. The number of hydrogen-bond donors (Lipinski definition) is 2. The summed E-state index contributed by atoms with van der Waals surface area (Å²) < 4.78 is 48.3. The van der Waals surface area contributed by atoms with Crippen LogP contribution < -0.4 is 18.9 Å². The van der Waals surface area contributed by atoms with Crippen LogP contribution in [0.15, 0.2) is 97.1 Å². The summed E-state index contributed by atoms with van der Waals surface area (Å²) in [5.74, 6) is 1.49. The summed E-state index contributed by atoms with van der Waals surface area (Å²) in [5, 5.41) is 20.3. The predicted molar refractivity (Wildman–Crippen MR) is 152 cm³/mol.